The lowest BCUT2D eigenvalue weighted by Crippen LogP contribution is -2.30. The number of allylic oxidation sites excluding steroid dienone is 20. The van der Waals surface area contributed by atoms with Crippen LogP contribution in [0.3, 0.4) is 0 Å². The van der Waals surface area contributed by atoms with Crippen molar-refractivity contribution in [3.8, 4) is 0 Å². The van der Waals surface area contributed by atoms with Gasteiger partial charge in [-0.15, -0.1) is 0 Å². The summed E-state index contributed by atoms with van der Waals surface area (Å²) in [5.41, 5.74) is 0. The van der Waals surface area contributed by atoms with Gasteiger partial charge in [-0.3, -0.25) is 14.4 Å². The van der Waals surface area contributed by atoms with Crippen LogP contribution in [0.5, 0.6) is 0 Å². The number of ether oxygens (including phenoxy) is 3. The Bertz CT molecular complexity index is 1500. The predicted octanol–water partition coefficient (Wildman–Crippen LogP) is 19.6. The highest BCUT2D eigenvalue weighted by Crippen LogP contribution is 2.14. The van der Waals surface area contributed by atoms with E-state index in [1.165, 1.54) is 70.6 Å². The molecule has 0 saturated heterocycles. The van der Waals surface area contributed by atoms with Gasteiger partial charge in [0.1, 0.15) is 13.2 Å². The molecule has 0 N–H and O–H groups in total. The molecule has 0 fully saturated rings. The number of esters is 3. The Morgan fingerprint density at radius 3 is 0.873 bits per heavy atom. The first-order valence-corrected chi connectivity index (χ1v) is 29.0. The third-order valence-electron chi connectivity index (χ3n) is 11.9. The van der Waals surface area contributed by atoms with E-state index in [2.05, 4.69) is 142 Å². The molecule has 0 unspecified atom stereocenters. The molecule has 0 saturated carbocycles. The summed E-state index contributed by atoms with van der Waals surface area (Å²) in [7, 11) is 0. The molecule has 0 aliphatic carbocycles. The predicted molar refractivity (Wildman–Crippen MR) is 306 cm³/mol. The Kier molecular flexibility index (Phi) is 54.9. The number of carbonyl (C=O) groups is 3. The number of hydrogen-bond acceptors (Lipinski definition) is 6. The summed E-state index contributed by atoms with van der Waals surface area (Å²) in [6.45, 7) is 6.34. The summed E-state index contributed by atoms with van der Waals surface area (Å²) >= 11 is 0. The largest absolute Gasteiger partial charge is 0.462 e. The van der Waals surface area contributed by atoms with Crippen molar-refractivity contribution in [1.29, 1.82) is 0 Å². The quantitative estimate of drug-likeness (QED) is 0.0261. The molecule has 0 bridgehead atoms. The molecule has 0 heterocycles. The third-order valence-corrected chi connectivity index (χ3v) is 11.9. The lowest BCUT2D eigenvalue weighted by Gasteiger charge is -2.18. The number of rotatable bonds is 51. The highest BCUT2D eigenvalue weighted by atomic mass is 16.6. The molecule has 0 aliphatic heterocycles. The second-order valence-corrected chi connectivity index (χ2v) is 18.8. The molecule has 0 radical (unpaired) electrons. The Hall–Kier alpha value is -4.19. The van der Waals surface area contributed by atoms with E-state index in [0.29, 0.717) is 19.3 Å². The van der Waals surface area contributed by atoms with Gasteiger partial charge in [0.15, 0.2) is 6.10 Å². The van der Waals surface area contributed by atoms with Crippen LogP contribution in [0.4, 0.5) is 0 Å². The minimum absolute atomic E-state index is 0.102. The van der Waals surface area contributed by atoms with Crippen LogP contribution in [0.2, 0.25) is 0 Å². The van der Waals surface area contributed by atoms with Crippen molar-refractivity contribution in [3.05, 3.63) is 122 Å². The molecule has 0 aromatic heterocycles. The zero-order valence-electron chi connectivity index (χ0n) is 45.9. The summed E-state index contributed by atoms with van der Waals surface area (Å²) in [6.07, 6.45) is 80.4. The van der Waals surface area contributed by atoms with Crippen molar-refractivity contribution in [2.45, 2.75) is 258 Å². The van der Waals surface area contributed by atoms with E-state index in [-0.39, 0.29) is 31.1 Å². The highest BCUT2D eigenvalue weighted by molar-refractivity contribution is 5.71. The molecule has 71 heavy (non-hydrogen) atoms. The van der Waals surface area contributed by atoms with Gasteiger partial charge in [-0.05, 0) is 128 Å². The summed E-state index contributed by atoms with van der Waals surface area (Å²) in [4.78, 5) is 38.2. The third kappa shape index (κ3) is 56.6. The smallest absolute Gasteiger partial charge is 0.306 e. The van der Waals surface area contributed by atoms with Crippen LogP contribution in [-0.4, -0.2) is 37.2 Å². The molecular weight excluding hydrogens is 877 g/mol. The maximum atomic E-state index is 12.9. The molecule has 0 amide bonds. The van der Waals surface area contributed by atoms with Gasteiger partial charge in [0.2, 0.25) is 0 Å². The maximum Gasteiger partial charge on any atom is 0.306 e. The van der Waals surface area contributed by atoms with Gasteiger partial charge in [0.25, 0.3) is 0 Å². The fourth-order valence-corrected chi connectivity index (χ4v) is 7.63. The van der Waals surface area contributed by atoms with E-state index in [1.807, 2.05) is 0 Å². The van der Waals surface area contributed by atoms with Crippen molar-refractivity contribution >= 4 is 17.9 Å². The normalized spacial score (nSPS) is 13.0. The van der Waals surface area contributed by atoms with E-state index in [0.717, 1.165) is 141 Å². The van der Waals surface area contributed by atoms with Crippen LogP contribution >= 0.6 is 0 Å². The molecule has 0 aliphatic rings. The van der Waals surface area contributed by atoms with Crippen molar-refractivity contribution in [3.63, 3.8) is 0 Å². The molecule has 0 aromatic rings. The van der Waals surface area contributed by atoms with Gasteiger partial charge in [-0.25, -0.2) is 0 Å². The molecule has 0 aromatic carbocycles. The first-order valence-electron chi connectivity index (χ1n) is 29.0. The number of unbranched alkanes of at least 4 members (excludes halogenated alkanes) is 20. The van der Waals surface area contributed by atoms with E-state index in [4.69, 9.17) is 14.2 Å². The lowest BCUT2D eigenvalue weighted by atomic mass is 10.1. The van der Waals surface area contributed by atoms with Crippen LogP contribution in [0, 0.1) is 0 Å². The van der Waals surface area contributed by atoms with Gasteiger partial charge in [0, 0.05) is 19.3 Å². The van der Waals surface area contributed by atoms with Crippen LogP contribution in [0.15, 0.2) is 122 Å². The van der Waals surface area contributed by atoms with Crippen molar-refractivity contribution < 1.29 is 28.6 Å². The Labute approximate surface area is 437 Å². The summed E-state index contributed by atoms with van der Waals surface area (Å²) in [5, 5.41) is 0. The standard InChI is InChI=1S/C65H106O6/c1-4-7-10-13-16-19-22-25-28-30-32-34-37-40-43-46-49-52-55-58-64(67)70-61-62(60-69-63(66)57-54-51-48-45-42-39-36-27-24-21-18-15-12-9-6-3)71-65(68)59-56-53-50-47-44-41-38-35-33-31-29-26-23-20-17-14-11-8-5-2/h7,9-10,12,16-21,25-29,32,34,36,40,43,62H,4-6,8,11,13-15,22-24,30-31,33,35,37-39,41-42,44-61H2,1-3H3/b10-7-,12-9-,19-16-,20-17-,21-18-,28-25-,29-26-,34-32-,36-27-,43-40-/t62-/m0/s1. The van der Waals surface area contributed by atoms with Crippen LogP contribution < -0.4 is 0 Å². The maximum absolute atomic E-state index is 12.9. The van der Waals surface area contributed by atoms with Gasteiger partial charge in [-0.1, -0.05) is 226 Å². The zero-order chi connectivity index (χ0) is 51.4. The zero-order valence-corrected chi connectivity index (χ0v) is 45.9. The van der Waals surface area contributed by atoms with E-state index < -0.39 is 6.10 Å². The minimum atomic E-state index is -0.806. The highest BCUT2D eigenvalue weighted by Gasteiger charge is 2.19. The number of hydrogen-bond donors (Lipinski definition) is 0. The Morgan fingerprint density at radius 2 is 0.549 bits per heavy atom. The molecule has 6 heteroatoms. The second kappa shape index (κ2) is 58.4. The van der Waals surface area contributed by atoms with Crippen LogP contribution in [-0.2, 0) is 28.6 Å². The SMILES string of the molecule is CC/C=C\C/C=C\C/C=C\C/C=C\C/C=C\CCCCCC(=O)OC[C@H](COC(=O)CCCCCCC/C=C\C/C=C\C/C=C\CC)OC(=O)CCCCCCCCCCC/C=C\C/C=C\CCCCC. The molecule has 0 rings (SSSR count). The van der Waals surface area contributed by atoms with Crippen molar-refractivity contribution in [2.75, 3.05) is 13.2 Å². The van der Waals surface area contributed by atoms with Crippen LogP contribution in [0.25, 0.3) is 0 Å². The molecule has 402 valence electrons. The Balaban J connectivity index is 4.49. The van der Waals surface area contributed by atoms with Gasteiger partial charge in [-0.2, -0.15) is 0 Å². The van der Waals surface area contributed by atoms with Crippen molar-refractivity contribution in [2.24, 2.45) is 0 Å². The molecule has 6 nitrogen and oxygen atoms in total. The van der Waals surface area contributed by atoms with Crippen LogP contribution in [0.1, 0.15) is 252 Å². The van der Waals surface area contributed by atoms with Gasteiger partial charge >= 0.3 is 17.9 Å². The fraction of sp³-hybridized carbons (Fsp3) is 0.646. The lowest BCUT2D eigenvalue weighted by molar-refractivity contribution is -0.167. The van der Waals surface area contributed by atoms with Gasteiger partial charge in [0.05, 0.1) is 0 Å². The Morgan fingerprint density at radius 1 is 0.296 bits per heavy atom. The molecule has 1 atom stereocenters. The summed E-state index contributed by atoms with van der Waals surface area (Å²) in [6, 6.07) is 0. The topological polar surface area (TPSA) is 78.9 Å². The first-order chi connectivity index (χ1) is 35.0. The number of carbonyl (C=O) groups excluding carboxylic acids is 3. The second-order valence-electron chi connectivity index (χ2n) is 18.8. The average Bonchev–Trinajstić information content (AvgIpc) is 3.37. The van der Waals surface area contributed by atoms with E-state index >= 15 is 0 Å². The van der Waals surface area contributed by atoms with Crippen molar-refractivity contribution in [1.82, 2.24) is 0 Å². The first kappa shape index (κ1) is 66.8. The summed E-state index contributed by atoms with van der Waals surface area (Å²) < 4.78 is 16.8. The van der Waals surface area contributed by atoms with Gasteiger partial charge < -0.3 is 14.2 Å². The average molecular weight is 984 g/mol. The minimum Gasteiger partial charge on any atom is -0.462 e. The molecule has 0 spiro atoms. The monoisotopic (exact) mass is 983 g/mol. The van der Waals surface area contributed by atoms with E-state index in [9.17, 15) is 14.4 Å². The fourth-order valence-electron chi connectivity index (χ4n) is 7.63. The molecular formula is C65H106O6. The summed E-state index contributed by atoms with van der Waals surface area (Å²) in [5.74, 6) is -0.956. The van der Waals surface area contributed by atoms with E-state index in [1.54, 1.807) is 0 Å².